The first-order valence-electron chi connectivity index (χ1n) is 15.1. The minimum absolute atomic E-state index is 0.235. The summed E-state index contributed by atoms with van der Waals surface area (Å²) in [5, 5.41) is 18.4. The van der Waals surface area contributed by atoms with E-state index in [1.165, 1.54) is 6.33 Å². The Labute approximate surface area is 269 Å². The van der Waals surface area contributed by atoms with Crippen molar-refractivity contribution in [2.75, 3.05) is 17.2 Å². The SMILES string of the molecule is O=C(Nc1ccccc1)Nc1ncnc2c1ncn2[C@@H]1O[C@H](CNCc2ccccc2C(=O)O)C2O[C@H](/C=C/c3ccccc3)O[C@@H]21. The number of urea groups is 1. The van der Waals surface area contributed by atoms with Crippen LogP contribution in [-0.2, 0) is 20.8 Å². The van der Waals surface area contributed by atoms with Gasteiger partial charge in [-0.25, -0.2) is 24.5 Å². The summed E-state index contributed by atoms with van der Waals surface area (Å²) in [6.45, 7) is 0.683. The molecule has 0 radical (unpaired) electrons. The fourth-order valence-electron chi connectivity index (χ4n) is 5.75. The zero-order chi connectivity index (χ0) is 32.2. The van der Waals surface area contributed by atoms with Crippen LogP contribution in [0.25, 0.3) is 17.2 Å². The van der Waals surface area contributed by atoms with Gasteiger partial charge in [-0.1, -0.05) is 72.8 Å². The highest BCUT2D eigenvalue weighted by Crippen LogP contribution is 2.41. The predicted octanol–water partition coefficient (Wildman–Crippen LogP) is 4.68. The number of rotatable bonds is 10. The Bertz CT molecular complexity index is 1900. The van der Waals surface area contributed by atoms with Crippen molar-refractivity contribution in [3.8, 4) is 0 Å². The molecule has 2 aromatic heterocycles. The van der Waals surface area contributed by atoms with E-state index in [1.54, 1.807) is 47.3 Å². The number of benzene rings is 3. The summed E-state index contributed by atoms with van der Waals surface area (Å²) in [4.78, 5) is 37.6. The molecule has 13 heteroatoms. The Morgan fingerprint density at radius 3 is 2.40 bits per heavy atom. The average Bonchev–Trinajstić information content (AvgIpc) is 3.80. The maximum absolute atomic E-state index is 12.7. The molecule has 7 rings (SSSR count). The molecule has 0 aliphatic carbocycles. The summed E-state index contributed by atoms with van der Waals surface area (Å²) in [6.07, 6.45) is 4.00. The number of fused-ring (bicyclic) bond motifs is 2. The molecule has 2 fully saturated rings. The fraction of sp³-hybridized carbons (Fsp3) is 0.206. The van der Waals surface area contributed by atoms with Gasteiger partial charge in [0, 0.05) is 18.8 Å². The number of hydrogen-bond donors (Lipinski definition) is 4. The maximum Gasteiger partial charge on any atom is 0.336 e. The number of carboxylic acid groups (broad SMARTS) is 1. The van der Waals surface area contributed by atoms with Crippen LogP contribution >= 0.6 is 0 Å². The van der Waals surface area contributed by atoms with Crippen LogP contribution in [0.1, 0.15) is 27.7 Å². The lowest BCUT2D eigenvalue weighted by Gasteiger charge is -2.21. The molecular weight excluding hydrogens is 602 g/mol. The van der Waals surface area contributed by atoms with E-state index in [9.17, 15) is 14.7 Å². The second-order valence-corrected chi connectivity index (χ2v) is 11.0. The predicted molar refractivity (Wildman–Crippen MR) is 172 cm³/mol. The number of carbonyl (C=O) groups excluding carboxylic acids is 1. The fourth-order valence-corrected chi connectivity index (χ4v) is 5.75. The van der Waals surface area contributed by atoms with Gasteiger partial charge in [0.2, 0.25) is 0 Å². The number of aromatic carboxylic acids is 1. The van der Waals surface area contributed by atoms with Crippen LogP contribution in [0.3, 0.4) is 0 Å². The zero-order valence-electron chi connectivity index (χ0n) is 25.0. The van der Waals surface area contributed by atoms with Gasteiger partial charge in [0.05, 0.1) is 11.9 Å². The van der Waals surface area contributed by atoms with Crippen LogP contribution in [0, 0.1) is 0 Å². The number of nitrogens with zero attached hydrogens (tertiary/aromatic N) is 4. The van der Waals surface area contributed by atoms with Crippen molar-refractivity contribution in [1.82, 2.24) is 24.8 Å². The summed E-state index contributed by atoms with van der Waals surface area (Å²) >= 11 is 0. The molecule has 2 saturated heterocycles. The van der Waals surface area contributed by atoms with Crippen molar-refractivity contribution < 1.29 is 28.9 Å². The smallest absolute Gasteiger partial charge is 0.336 e. The third kappa shape index (κ3) is 6.59. The van der Waals surface area contributed by atoms with E-state index >= 15 is 0 Å². The average molecular weight is 634 g/mol. The van der Waals surface area contributed by atoms with E-state index in [0.29, 0.717) is 35.5 Å². The van der Waals surface area contributed by atoms with Crippen LogP contribution in [0.4, 0.5) is 16.3 Å². The van der Waals surface area contributed by atoms with Gasteiger partial charge < -0.3 is 30.0 Å². The number of imidazole rings is 1. The molecule has 2 aliphatic heterocycles. The van der Waals surface area contributed by atoms with E-state index in [1.807, 2.05) is 60.7 Å². The third-order valence-electron chi connectivity index (χ3n) is 7.92. The molecule has 0 saturated carbocycles. The van der Waals surface area contributed by atoms with E-state index < -0.39 is 42.8 Å². The topological polar surface area (TPSA) is 162 Å². The zero-order valence-corrected chi connectivity index (χ0v) is 25.0. The number of aromatic nitrogens is 4. The summed E-state index contributed by atoms with van der Waals surface area (Å²) in [5.41, 5.74) is 3.35. The molecule has 5 atom stereocenters. The highest BCUT2D eigenvalue weighted by atomic mass is 16.8. The Balaban J connectivity index is 1.11. The molecule has 5 aromatic rings. The number of para-hydroxylation sites is 1. The third-order valence-corrected chi connectivity index (χ3v) is 7.92. The maximum atomic E-state index is 12.7. The van der Waals surface area contributed by atoms with E-state index in [-0.39, 0.29) is 11.4 Å². The van der Waals surface area contributed by atoms with Gasteiger partial charge in [-0.2, -0.15) is 0 Å². The van der Waals surface area contributed by atoms with Crippen molar-refractivity contribution in [2.24, 2.45) is 0 Å². The van der Waals surface area contributed by atoms with Crippen LogP contribution in [0.5, 0.6) is 0 Å². The van der Waals surface area contributed by atoms with Crippen LogP contribution in [0.15, 0.2) is 104 Å². The summed E-state index contributed by atoms with van der Waals surface area (Å²) in [6, 6.07) is 25.3. The lowest BCUT2D eigenvalue weighted by atomic mass is 10.1. The van der Waals surface area contributed by atoms with Crippen LogP contribution in [0.2, 0.25) is 0 Å². The second kappa shape index (κ2) is 13.5. The Morgan fingerprint density at radius 2 is 1.60 bits per heavy atom. The van der Waals surface area contributed by atoms with E-state index in [4.69, 9.17) is 14.2 Å². The Kier molecular flexibility index (Phi) is 8.66. The van der Waals surface area contributed by atoms with Crippen LogP contribution in [-0.4, -0.2) is 67.8 Å². The summed E-state index contributed by atoms with van der Waals surface area (Å²) < 4.78 is 21.0. The van der Waals surface area contributed by atoms with Crippen molar-refractivity contribution in [3.63, 3.8) is 0 Å². The molecule has 238 valence electrons. The van der Waals surface area contributed by atoms with Crippen molar-refractivity contribution in [3.05, 3.63) is 120 Å². The quantitative estimate of drug-likeness (QED) is 0.170. The molecule has 13 nitrogen and oxygen atoms in total. The molecule has 0 bridgehead atoms. The molecule has 1 unspecified atom stereocenters. The molecular formula is C34H31N7O6. The second-order valence-electron chi connectivity index (χ2n) is 11.0. The first-order valence-corrected chi connectivity index (χ1v) is 15.1. The highest BCUT2D eigenvalue weighted by molar-refractivity contribution is 6.02. The first kappa shape index (κ1) is 30.2. The summed E-state index contributed by atoms with van der Waals surface area (Å²) in [5.74, 6) is -0.750. The molecule has 2 aliphatic rings. The number of anilines is 2. The number of nitrogens with one attached hydrogen (secondary N) is 3. The number of carbonyl (C=O) groups is 2. The monoisotopic (exact) mass is 633 g/mol. The van der Waals surface area contributed by atoms with Gasteiger partial charge in [-0.3, -0.25) is 9.88 Å². The van der Waals surface area contributed by atoms with Crippen LogP contribution < -0.4 is 16.0 Å². The largest absolute Gasteiger partial charge is 0.478 e. The molecule has 2 amide bonds. The Hall–Kier alpha value is -5.47. The Morgan fingerprint density at radius 1 is 0.851 bits per heavy atom. The minimum Gasteiger partial charge on any atom is -0.478 e. The van der Waals surface area contributed by atoms with Gasteiger partial charge in [0.25, 0.3) is 0 Å². The lowest BCUT2D eigenvalue weighted by Crippen LogP contribution is -2.36. The minimum atomic E-state index is -0.986. The number of hydrogen-bond acceptors (Lipinski definition) is 9. The van der Waals surface area contributed by atoms with Crippen molar-refractivity contribution >= 4 is 40.7 Å². The van der Waals surface area contributed by atoms with E-state index in [2.05, 4.69) is 30.9 Å². The highest BCUT2D eigenvalue weighted by Gasteiger charge is 2.53. The number of ether oxygens (including phenoxy) is 3. The van der Waals surface area contributed by atoms with E-state index in [0.717, 1.165) is 5.56 Å². The molecule has 47 heavy (non-hydrogen) atoms. The van der Waals surface area contributed by atoms with Gasteiger partial charge in [-0.15, -0.1) is 0 Å². The molecule has 0 spiro atoms. The summed E-state index contributed by atoms with van der Waals surface area (Å²) in [7, 11) is 0. The molecule has 4 N–H and O–H groups in total. The van der Waals surface area contributed by atoms with Gasteiger partial charge in [0.1, 0.15) is 24.6 Å². The normalized spacial score (nSPS) is 22.0. The van der Waals surface area contributed by atoms with Gasteiger partial charge in [-0.05, 0) is 35.4 Å². The van der Waals surface area contributed by atoms with Gasteiger partial charge >= 0.3 is 12.0 Å². The number of carboxylic acids is 1. The van der Waals surface area contributed by atoms with Gasteiger partial charge in [0.15, 0.2) is 29.5 Å². The molecule has 3 aromatic carbocycles. The number of amides is 2. The molecule has 4 heterocycles. The standard InChI is InChI=1S/C34H31N7O6/c42-33(43)24-14-8-7-11-22(24)17-35-18-25-28-29(47-26(46-28)16-15-21-9-3-1-4-10-21)32(45-25)41-20-38-27-30(36-19-37-31(27)41)40-34(44)39-23-12-5-2-6-13-23/h1-16,19-20,25-26,28-29,32,35H,17-18H2,(H,42,43)(H2,36,37,39,40,44)/b16-15+/t25-,26+,28?,29+,32-/m1/s1. The lowest BCUT2D eigenvalue weighted by molar-refractivity contribution is -0.124. The van der Waals surface area contributed by atoms with Crippen molar-refractivity contribution in [2.45, 2.75) is 37.4 Å². The van der Waals surface area contributed by atoms with Crippen molar-refractivity contribution in [1.29, 1.82) is 0 Å². The first-order chi connectivity index (χ1) is 23.0.